The Morgan fingerprint density at radius 2 is 2.25 bits per heavy atom. The third kappa shape index (κ3) is 6.06. The van der Waals surface area contributed by atoms with Gasteiger partial charge in [-0.05, 0) is 32.8 Å². The fourth-order valence-corrected chi connectivity index (χ4v) is 1.96. The molecular weight excluding hydrogens is 256 g/mol. The molecule has 0 aliphatic rings. The monoisotopic (exact) mass is 282 g/mol. The van der Waals surface area contributed by atoms with Gasteiger partial charge in [0.15, 0.2) is 0 Å². The number of hydrogen-bond donors (Lipinski definition) is 2. The summed E-state index contributed by atoms with van der Waals surface area (Å²) in [6.07, 6.45) is 3.65. The van der Waals surface area contributed by atoms with Crippen molar-refractivity contribution in [1.82, 2.24) is 20.0 Å². The van der Waals surface area contributed by atoms with E-state index in [0.717, 1.165) is 6.54 Å². The molecule has 20 heavy (non-hydrogen) atoms. The van der Waals surface area contributed by atoms with Crippen LogP contribution in [-0.2, 0) is 6.54 Å². The summed E-state index contributed by atoms with van der Waals surface area (Å²) in [5.74, 6) is 0.291. The highest BCUT2D eigenvalue weighted by atomic mass is 16.3. The van der Waals surface area contributed by atoms with Crippen molar-refractivity contribution < 1.29 is 9.90 Å². The second-order valence-corrected chi connectivity index (χ2v) is 5.85. The number of carbonyl (C=O) groups is 1. The average molecular weight is 282 g/mol. The Morgan fingerprint density at radius 1 is 1.55 bits per heavy atom. The molecule has 2 N–H and O–H groups in total. The minimum absolute atomic E-state index is 0.137. The van der Waals surface area contributed by atoms with Crippen molar-refractivity contribution in [3.63, 3.8) is 0 Å². The van der Waals surface area contributed by atoms with Crippen LogP contribution < -0.4 is 5.32 Å². The average Bonchev–Trinajstić information content (AvgIpc) is 2.84. The molecule has 1 rings (SSSR count). The van der Waals surface area contributed by atoms with Crippen molar-refractivity contribution in [2.45, 2.75) is 39.8 Å². The standard InChI is InChI=1S/C14H26N4O2/c1-5-17(11-14(3,4)20)13(19)15-9-12(2)10-18-8-6-7-16-18/h6-8,12,20H,5,9-11H2,1-4H3,(H,15,19). The third-order valence-electron chi connectivity index (χ3n) is 2.91. The fourth-order valence-electron chi connectivity index (χ4n) is 1.96. The van der Waals surface area contributed by atoms with Gasteiger partial charge in [0, 0.05) is 32.0 Å². The zero-order chi connectivity index (χ0) is 15.2. The Hall–Kier alpha value is -1.56. The van der Waals surface area contributed by atoms with E-state index in [0.29, 0.717) is 25.6 Å². The Morgan fingerprint density at radius 3 is 2.75 bits per heavy atom. The second-order valence-electron chi connectivity index (χ2n) is 5.85. The second kappa shape index (κ2) is 7.28. The first-order valence-electron chi connectivity index (χ1n) is 7.04. The molecule has 0 aliphatic carbocycles. The molecule has 0 spiro atoms. The van der Waals surface area contributed by atoms with Crippen LogP contribution in [0.1, 0.15) is 27.7 Å². The van der Waals surface area contributed by atoms with Crippen molar-refractivity contribution >= 4 is 6.03 Å². The first-order chi connectivity index (χ1) is 9.31. The number of nitrogens with zero attached hydrogens (tertiary/aromatic N) is 3. The van der Waals surface area contributed by atoms with Gasteiger partial charge in [0.25, 0.3) is 0 Å². The summed E-state index contributed by atoms with van der Waals surface area (Å²) in [5.41, 5.74) is -0.881. The minimum Gasteiger partial charge on any atom is -0.389 e. The quantitative estimate of drug-likeness (QED) is 0.792. The summed E-state index contributed by atoms with van der Waals surface area (Å²) < 4.78 is 1.85. The molecule has 1 unspecified atom stereocenters. The van der Waals surface area contributed by atoms with Crippen molar-refractivity contribution in [3.05, 3.63) is 18.5 Å². The van der Waals surface area contributed by atoms with Crippen LogP contribution in [0.15, 0.2) is 18.5 Å². The van der Waals surface area contributed by atoms with Crippen LogP contribution in [0, 0.1) is 5.92 Å². The summed E-state index contributed by atoms with van der Waals surface area (Å²) in [4.78, 5) is 13.7. The lowest BCUT2D eigenvalue weighted by Crippen LogP contribution is -2.47. The van der Waals surface area contributed by atoms with Crippen LogP contribution >= 0.6 is 0 Å². The fraction of sp³-hybridized carbons (Fsp3) is 0.714. The molecule has 1 atom stereocenters. The number of likely N-dealkylation sites (N-methyl/N-ethyl adjacent to an activating group) is 1. The Labute approximate surface area is 120 Å². The maximum absolute atomic E-state index is 12.0. The zero-order valence-corrected chi connectivity index (χ0v) is 12.8. The third-order valence-corrected chi connectivity index (χ3v) is 2.91. The summed E-state index contributed by atoms with van der Waals surface area (Å²) in [6, 6.07) is 1.75. The Balaban J connectivity index is 2.37. The molecule has 0 saturated carbocycles. The van der Waals surface area contributed by atoms with Gasteiger partial charge in [0.2, 0.25) is 0 Å². The zero-order valence-electron chi connectivity index (χ0n) is 12.8. The number of hydrogen-bond acceptors (Lipinski definition) is 3. The summed E-state index contributed by atoms with van der Waals surface area (Å²) in [6.45, 7) is 9.61. The van der Waals surface area contributed by atoms with Gasteiger partial charge in [-0.2, -0.15) is 5.10 Å². The van der Waals surface area contributed by atoms with E-state index in [1.165, 1.54) is 0 Å². The first kappa shape index (κ1) is 16.5. The summed E-state index contributed by atoms with van der Waals surface area (Å²) in [7, 11) is 0. The maximum Gasteiger partial charge on any atom is 0.317 e. The van der Waals surface area contributed by atoms with Crippen molar-refractivity contribution in [2.75, 3.05) is 19.6 Å². The summed E-state index contributed by atoms with van der Waals surface area (Å²) in [5, 5.41) is 16.8. The molecular formula is C14H26N4O2. The van der Waals surface area contributed by atoms with E-state index >= 15 is 0 Å². The topological polar surface area (TPSA) is 70.4 Å². The predicted molar refractivity (Wildman–Crippen MR) is 78.3 cm³/mol. The van der Waals surface area contributed by atoms with E-state index in [1.807, 2.05) is 23.9 Å². The molecule has 6 nitrogen and oxygen atoms in total. The highest BCUT2D eigenvalue weighted by molar-refractivity contribution is 5.74. The van der Waals surface area contributed by atoms with Gasteiger partial charge >= 0.3 is 6.03 Å². The number of rotatable bonds is 7. The molecule has 0 saturated heterocycles. The number of carbonyl (C=O) groups excluding carboxylic acids is 1. The molecule has 0 aliphatic heterocycles. The predicted octanol–water partition coefficient (Wildman–Crippen LogP) is 1.32. The molecule has 0 fully saturated rings. The molecule has 0 radical (unpaired) electrons. The van der Waals surface area contributed by atoms with E-state index in [-0.39, 0.29) is 6.03 Å². The van der Waals surface area contributed by atoms with E-state index in [9.17, 15) is 9.90 Å². The largest absolute Gasteiger partial charge is 0.389 e. The van der Waals surface area contributed by atoms with Crippen molar-refractivity contribution in [3.8, 4) is 0 Å². The van der Waals surface area contributed by atoms with Crippen LogP contribution in [-0.4, -0.2) is 51.1 Å². The molecule has 2 amide bonds. The molecule has 1 aromatic rings. The number of aromatic nitrogens is 2. The van der Waals surface area contributed by atoms with Gasteiger partial charge in [-0.15, -0.1) is 0 Å². The molecule has 1 aromatic heterocycles. The van der Waals surface area contributed by atoms with Gasteiger partial charge in [-0.25, -0.2) is 4.79 Å². The highest BCUT2D eigenvalue weighted by Gasteiger charge is 2.21. The minimum atomic E-state index is -0.881. The Bertz CT molecular complexity index is 398. The lowest BCUT2D eigenvalue weighted by atomic mass is 10.1. The van der Waals surface area contributed by atoms with Gasteiger partial charge in [0.05, 0.1) is 12.1 Å². The smallest absolute Gasteiger partial charge is 0.317 e. The number of aliphatic hydroxyl groups is 1. The van der Waals surface area contributed by atoms with Crippen LogP contribution in [0.25, 0.3) is 0 Å². The molecule has 1 heterocycles. The maximum atomic E-state index is 12.0. The SMILES string of the molecule is CCN(CC(C)(C)O)C(=O)NCC(C)Cn1cccn1. The normalized spacial score (nSPS) is 13.1. The number of nitrogens with one attached hydrogen (secondary N) is 1. The molecule has 6 heteroatoms. The van der Waals surface area contributed by atoms with Crippen LogP contribution in [0.5, 0.6) is 0 Å². The van der Waals surface area contributed by atoms with E-state index in [4.69, 9.17) is 0 Å². The van der Waals surface area contributed by atoms with Gasteiger partial charge in [0.1, 0.15) is 0 Å². The summed E-state index contributed by atoms with van der Waals surface area (Å²) >= 11 is 0. The Kier molecular flexibility index (Phi) is 6.01. The van der Waals surface area contributed by atoms with E-state index < -0.39 is 5.60 Å². The molecule has 114 valence electrons. The molecule has 0 bridgehead atoms. The van der Waals surface area contributed by atoms with Crippen molar-refractivity contribution in [2.24, 2.45) is 5.92 Å². The molecule has 0 aromatic carbocycles. The van der Waals surface area contributed by atoms with Gasteiger partial charge in [-0.3, -0.25) is 4.68 Å². The highest BCUT2D eigenvalue weighted by Crippen LogP contribution is 2.05. The van der Waals surface area contributed by atoms with Crippen LogP contribution in [0.3, 0.4) is 0 Å². The van der Waals surface area contributed by atoms with Crippen LogP contribution in [0.4, 0.5) is 4.79 Å². The lowest BCUT2D eigenvalue weighted by Gasteiger charge is -2.28. The first-order valence-corrected chi connectivity index (χ1v) is 7.04. The van der Waals surface area contributed by atoms with Crippen LogP contribution in [0.2, 0.25) is 0 Å². The van der Waals surface area contributed by atoms with Gasteiger partial charge in [-0.1, -0.05) is 6.92 Å². The number of urea groups is 1. The van der Waals surface area contributed by atoms with Crippen molar-refractivity contribution in [1.29, 1.82) is 0 Å². The van der Waals surface area contributed by atoms with Gasteiger partial charge < -0.3 is 15.3 Å². The van der Waals surface area contributed by atoms with E-state index in [1.54, 1.807) is 24.9 Å². The lowest BCUT2D eigenvalue weighted by molar-refractivity contribution is 0.0479. The number of amides is 2. The van der Waals surface area contributed by atoms with E-state index in [2.05, 4.69) is 17.3 Å².